The Morgan fingerprint density at radius 2 is 0.685 bits per heavy atom. The minimum absolute atomic E-state index is 0.0785. The summed E-state index contributed by atoms with van der Waals surface area (Å²) in [6.07, 6.45) is -7.56. The molecule has 0 atom stereocenters. The number of ketones is 3. The first-order valence-corrected chi connectivity index (χ1v) is 48.2. The van der Waals surface area contributed by atoms with Crippen LogP contribution in [0.4, 0.5) is 39.5 Å². The molecule has 0 aromatic heterocycles. The van der Waals surface area contributed by atoms with Crippen LogP contribution in [0, 0.1) is 0 Å². The molecule has 5 spiro atoms. The van der Waals surface area contributed by atoms with E-state index in [0.29, 0.717) is 148 Å². The van der Waals surface area contributed by atoms with Crippen LogP contribution in [0.1, 0.15) is 109 Å². The number of benzene rings is 5. The van der Waals surface area contributed by atoms with Gasteiger partial charge in [-0.15, -0.1) is 19.8 Å². The number of nitrogens with zero attached hydrogens (tertiary/aromatic N) is 8. The Labute approximate surface area is 732 Å². The van der Waals surface area contributed by atoms with Gasteiger partial charge in [-0.3, -0.25) is 29.0 Å². The summed E-state index contributed by atoms with van der Waals surface area (Å²) in [6.45, 7) is 17.6. The minimum Gasteiger partial charge on any atom is -0.497 e. The lowest BCUT2D eigenvalue weighted by Crippen LogP contribution is -2.55. The first-order valence-electron chi connectivity index (χ1n) is 41.0. The van der Waals surface area contributed by atoms with Gasteiger partial charge in [-0.2, -0.15) is 47.9 Å². The van der Waals surface area contributed by atoms with Crippen LogP contribution in [0.25, 0.3) is 0 Å². The highest BCUT2D eigenvalue weighted by Gasteiger charge is 2.56. The number of esters is 1. The molecule has 5 aromatic rings. The summed E-state index contributed by atoms with van der Waals surface area (Å²) in [7, 11) is -15.5. The van der Waals surface area contributed by atoms with Crippen molar-refractivity contribution in [2.45, 2.75) is 150 Å². The van der Waals surface area contributed by atoms with Gasteiger partial charge in [-0.25, -0.2) is 42.1 Å². The number of piperidine rings is 5. The van der Waals surface area contributed by atoms with E-state index >= 15 is 0 Å². The molecule has 702 valence electrons. The average Bonchev–Trinajstić information content (AvgIpc) is 1.67. The van der Waals surface area contributed by atoms with Gasteiger partial charge in [0.1, 0.15) is 40.1 Å². The maximum atomic E-state index is 13.2. The molecule has 10 saturated heterocycles. The van der Waals surface area contributed by atoms with Crippen molar-refractivity contribution < 1.29 is 139 Å². The van der Waals surface area contributed by atoms with Gasteiger partial charge in [0, 0.05) is 159 Å². The van der Waals surface area contributed by atoms with Gasteiger partial charge in [-0.1, -0.05) is 18.2 Å². The average molecular weight is 1900 g/mol. The third kappa shape index (κ3) is 23.0. The highest BCUT2D eigenvalue weighted by molar-refractivity contribution is 7.90. The number of carbonyl (C=O) groups is 4. The lowest BCUT2D eigenvalue weighted by Gasteiger charge is -2.42. The first kappa shape index (κ1) is 100. The van der Waals surface area contributed by atoms with Crippen LogP contribution in [0.3, 0.4) is 0 Å². The molecule has 32 nitrogen and oxygen atoms in total. The zero-order valence-corrected chi connectivity index (χ0v) is 74.3. The van der Waals surface area contributed by atoms with Crippen LogP contribution in [0.15, 0.2) is 158 Å². The molecule has 10 aliphatic heterocycles. The maximum Gasteiger partial charge on any atom is 0.573 e. The number of halogens is 9. The third-order valence-electron chi connectivity index (χ3n) is 23.5. The Balaban J connectivity index is 0.000000155. The van der Waals surface area contributed by atoms with Crippen molar-refractivity contribution in [2.75, 3.05) is 165 Å². The Morgan fingerprint density at radius 3 is 0.961 bits per heavy atom. The minimum atomic E-state index is -5.04. The molecule has 0 amide bonds. The number of methoxy groups -OCH3 is 1. The van der Waals surface area contributed by atoms with Crippen LogP contribution in [0.2, 0.25) is 0 Å². The van der Waals surface area contributed by atoms with E-state index in [1.54, 1.807) is 54.7 Å². The fraction of sp³-hybridized carbons (Fsp3) is 0.556. The fourth-order valence-corrected chi connectivity index (χ4v) is 25.5. The molecule has 46 heteroatoms. The van der Waals surface area contributed by atoms with E-state index in [2.05, 4.69) is 31.7 Å². The molecule has 15 rings (SSSR count). The van der Waals surface area contributed by atoms with Gasteiger partial charge < -0.3 is 53.4 Å². The smallest absolute Gasteiger partial charge is 0.497 e. The number of Topliss-reactive ketones (excluding diaryl/α,β-unsaturated/α-hetero) is 3. The number of alkyl halides is 9. The summed E-state index contributed by atoms with van der Waals surface area (Å²) >= 11 is 0. The largest absolute Gasteiger partial charge is 0.573 e. The highest BCUT2D eigenvalue weighted by atomic mass is 32.2. The van der Waals surface area contributed by atoms with Crippen molar-refractivity contribution in [3.05, 3.63) is 151 Å². The lowest BCUT2D eigenvalue weighted by molar-refractivity contribution is -0.274. The van der Waals surface area contributed by atoms with E-state index in [1.165, 1.54) is 36.3 Å². The number of likely N-dealkylation sites (tertiary alicyclic amines) is 3. The number of hydrogen-bond acceptors (Lipinski definition) is 27. The second kappa shape index (κ2) is 40.7. The number of carbonyl (C=O) groups excluding carboxylic acids is 4. The van der Waals surface area contributed by atoms with Crippen LogP contribution < -0.4 is 20.1 Å². The Morgan fingerprint density at radius 1 is 0.409 bits per heavy atom. The van der Waals surface area contributed by atoms with Crippen molar-refractivity contribution in [3.8, 4) is 11.5 Å². The van der Waals surface area contributed by atoms with Crippen LogP contribution >= 0.6 is 0 Å². The van der Waals surface area contributed by atoms with E-state index in [1.807, 2.05) is 18.0 Å². The molecule has 10 heterocycles. The number of sulfonamides is 5. The molecule has 0 bridgehead atoms. The Kier molecular flexibility index (Phi) is 32.0. The van der Waals surface area contributed by atoms with E-state index < -0.39 is 126 Å². The zero-order chi connectivity index (χ0) is 92.5. The number of rotatable bonds is 20. The van der Waals surface area contributed by atoms with E-state index in [9.17, 15) is 101 Å². The van der Waals surface area contributed by atoms with Crippen molar-refractivity contribution in [1.29, 1.82) is 0 Å². The van der Waals surface area contributed by atoms with Crippen molar-refractivity contribution >= 4 is 73.4 Å². The topological polar surface area (TPSA) is 363 Å². The maximum absolute atomic E-state index is 13.2. The summed E-state index contributed by atoms with van der Waals surface area (Å²) in [5.74, 6) is -4.30. The molecule has 10 fully saturated rings. The van der Waals surface area contributed by atoms with Crippen LogP contribution in [-0.4, -0.2) is 314 Å². The number of nitrogens with one attached hydrogen (secondary N) is 2. The molecule has 2 N–H and O–H groups in total. The van der Waals surface area contributed by atoms with Crippen molar-refractivity contribution in [3.63, 3.8) is 0 Å². The van der Waals surface area contributed by atoms with Gasteiger partial charge in [0.15, 0.2) is 5.78 Å². The van der Waals surface area contributed by atoms with Gasteiger partial charge >= 0.3 is 24.7 Å². The fourth-order valence-electron chi connectivity index (χ4n) is 16.9. The summed E-state index contributed by atoms with van der Waals surface area (Å²) in [4.78, 5) is 51.9. The molecule has 0 radical (unpaired) electrons. The number of ether oxygens (including phenoxy) is 8. The van der Waals surface area contributed by atoms with Crippen molar-refractivity contribution in [2.24, 2.45) is 0 Å². The highest BCUT2D eigenvalue weighted by Crippen LogP contribution is 2.44. The molecule has 127 heavy (non-hydrogen) atoms. The van der Waals surface area contributed by atoms with Gasteiger partial charge in [0.25, 0.3) is 11.6 Å². The van der Waals surface area contributed by atoms with Gasteiger partial charge in [0.2, 0.25) is 50.1 Å². The quantitative estimate of drug-likeness (QED) is 0.0322. The molecule has 0 saturated carbocycles. The normalized spacial score (nSPS) is 21.5. The zero-order valence-electron chi connectivity index (χ0n) is 70.2. The molecule has 5 aromatic carbocycles. The molecule has 0 aliphatic carbocycles. The van der Waals surface area contributed by atoms with Crippen molar-refractivity contribution in [1.82, 2.24) is 46.9 Å². The SMILES string of the molecule is C=CCN1CCC2(CC1)OCCN2S(=O)(=O)c1ccc(OC)cc1.CC(=O)c1ccc(S(=O)(=O)N2CCOC23CCN(C)CC3)cc1.CCOC(=O)CN1CCC2(CC1)OCCN2S(=O)(=O)c1ccc(C(=O)C(F)(F)F)cc1.O=C(c1ccc(S(=O)(=O)N2CCOC23CCNCC3)cc1)C(F)(F)F.O=S(=O)(c1ccc(OC(F)(F)F)cc1)N1CCOC12CCNCC2. The third-order valence-corrected chi connectivity index (χ3v) is 33.3. The molecular formula is C81H103F9N10O22S5. The van der Waals surface area contributed by atoms with Crippen LogP contribution in [-0.2, 0) is 83.3 Å². The van der Waals surface area contributed by atoms with Gasteiger partial charge in [0.05, 0.1) is 77.8 Å². The van der Waals surface area contributed by atoms with Crippen LogP contribution in [0.5, 0.6) is 11.5 Å². The lowest BCUT2D eigenvalue weighted by atomic mass is 10.0. The predicted octanol–water partition coefficient (Wildman–Crippen LogP) is 8.05. The standard InChI is InChI=1S/C19H23F3N2O6S.C17H24N2O4S.C16H22N2O4S.C15H17F3N2O4S.C14H17F3N2O4S/c1-2-29-16(25)13-23-9-7-18(8-10-23)24(11-12-30-18)31(27,28)15-5-3-14(4-6-15)17(26)19(20,21)22;1-3-10-18-11-8-17(9-12-18)19(13-14-23-17)24(20,21)16-6-4-15(22-2)5-7-16;1-13(19)14-3-5-15(6-4-14)23(20,21)18-11-12-22-16(18)7-9-17(2)10-8-16;16-15(17,18)13(21)11-1-3-12(4-2-11)25(22,23)20-9-10-24-14(20)5-7-19-8-6-14;15-14(16,17)23-11-1-3-12(4-2-11)24(20,21)19-9-10-22-13(19)5-7-18-8-6-13/h3-6H,2,7-13H2,1H3;3-7H,1,8-14H2,2H3;3-6H,7-12H2,1-2H3;1-4,19H,5-10H2;1-4,18H,5-10H2. The second-order valence-electron chi connectivity index (χ2n) is 31.3. The Hall–Kier alpha value is -7.56. The molecule has 10 aliphatic rings. The molecular weight excluding hydrogens is 1800 g/mol. The summed E-state index contributed by atoms with van der Waals surface area (Å²) in [5, 5.41) is 6.29. The first-order chi connectivity index (χ1) is 59.8. The van der Waals surface area contributed by atoms with E-state index in [-0.39, 0.29) is 82.2 Å². The molecule has 0 unspecified atom stereocenters. The van der Waals surface area contributed by atoms with Gasteiger partial charge in [-0.05, 0) is 156 Å². The Bertz CT molecular complexity index is 5250. The summed E-state index contributed by atoms with van der Waals surface area (Å²) in [6, 6.07) is 24.4. The van der Waals surface area contributed by atoms with E-state index in [0.717, 1.165) is 106 Å². The summed E-state index contributed by atoms with van der Waals surface area (Å²) < 4.78 is 292. The predicted molar refractivity (Wildman–Crippen MR) is 438 cm³/mol. The van der Waals surface area contributed by atoms with E-state index in [4.69, 9.17) is 33.2 Å². The summed E-state index contributed by atoms with van der Waals surface area (Å²) in [5.41, 5.74) is -5.01. The number of hydrogen-bond donors (Lipinski definition) is 2. The second-order valence-corrected chi connectivity index (χ2v) is 40.6. The monoisotopic (exact) mass is 1900 g/mol.